The minimum Gasteiger partial charge on any atom is -0.870 e. The average molecular weight is 1210 g/mol. The SMILES string of the molecule is C.C.C=C[B-]C.C=Cc1[nH]nc2c(OC)nc(-n3cc(C(=O)OC)cn3)nc12.COC(=O)c1cnn(-c2nc(OC)c3n[nH]c(C)c3n2)c1.COC(=O)c1cnn(-c2nc(OC)c3n[nH]c(C)c3n2)c1.C[B-]C.[OH-].[OH-].[Rb+].[Rb+]. The Kier molecular flexibility index (Phi) is 33.9. The molecule has 29 nitrogen and oxygen atoms in total. The normalized spacial score (nSPS) is 9.49. The van der Waals surface area contributed by atoms with Crippen LogP contribution in [0.15, 0.2) is 56.3 Å². The van der Waals surface area contributed by atoms with E-state index in [4.69, 9.17) is 14.2 Å². The summed E-state index contributed by atoms with van der Waals surface area (Å²) in [6, 6.07) is 0. The molecule has 0 atom stereocenters. The van der Waals surface area contributed by atoms with E-state index in [1.54, 1.807) is 12.1 Å². The molecule has 9 aromatic rings. The number of hydrogen-bond donors (Lipinski definition) is 3. The van der Waals surface area contributed by atoms with Gasteiger partial charge in [0, 0.05) is 18.6 Å². The second kappa shape index (κ2) is 35.6. The third kappa shape index (κ3) is 17.9. The Morgan fingerprint density at radius 1 is 0.519 bits per heavy atom. The van der Waals surface area contributed by atoms with E-state index in [9.17, 15) is 14.4 Å². The van der Waals surface area contributed by atoms with Crippen molar-refractivity contribution in [2.45, 2.75) is 49.2 Å². The molecule has 0 unspecified atom stereocenters. The molecule has 4 radical (unpaired) electrons. The summed E-state index contributed by atoms with van der Waals surface area (Å²) in [5, 5.41) is 32.9. The topological polar surface area (TPSA) is 383 Å². The Morgan fingerprint density at radius 3 is 1.08 bits per heavy atom. The second-order valence-electron chi connectivity index (χ2n) is 13.9. The molecular weight excluding hydrogens is 1150 g/mol. The first-order valence-corrected chi connectivity index (χ1v) is 20.8. The predicted molar refractivity (Wildman–Crippen MR) is 276 cm³/mol. The monoisotopic (exact) mass is 1210 g/mol. The number of nitrogens with one attached hydrogen (secondary N) is 3. The van der Waals surface area contributed by atoms with Gasteiger partial charge in [0.2, 0.25) is 17.6 Å². The zero-order valence-corrected chi connectivity index (χ0v) is 53.3. The molecule has 0 aliphatic heterocycles. The molecule has 9 aromatic heterocycles. The van der Waals surface area contributed by atoms with Crippen LogP contribution in [-0.4, -0.2) is 176 Å². The third-order valence-corrected chi connectivity index (χ3v) is 9.09. The van der Waals surface area contributed by atoms with E-state index in [-0.39, 0.29) is 160 Å². The van der Waals surface area contributed by atoms with E-state index in [0.717, 1.165) is 11.4 Å². The van der Waals surface area contributed by atoms with Crippen molar-refractivity contribution in [1.82, 2.24) is 89.8 Å². The molecule has 5 N–H and O–H groups in total. The van der Waals surface area contributed by atoms with Gasteiger partial charge in [-0.1, -0.05) is 21.4 Å². The fraction of sp³-hybridized carbons (Fsp3) is 0.295. The van der Waals surface area contributed by atoms with Gasteiger partial charge in [-0.15, -0.1) is 6.58 Å². The van der Waals surface area contributed by atoms with Crippen LogP contribution in [0, 0.1) is 13.8 Å². The molecule has 0 bridgehead atoms. The van der Waals surface area contributed by atoms with Crippen molar-refractivity contribution >= 4 is 71.6 Å². The van der Waals surface area contributed by atoms with Crippen LogP contribution >= 0.6 is 0 Å². The van der Waals surface area contributed by atoms with Crippen molar-refractivity contribution in [3.05, 3.63) is 90.1 Å². The maximum Gasteiger partial charge on any atom is 1.00 e. The zero-order valence-electron chi connectivity index (χ0n) is 43.5. The van der Waals surface area contributed by atoms with E-state index in [2.05, 4.69) is 103 Å². The molecule has 0 aliphatic carbocycles. The summed E-state index contributed by atoms with van der Waals surface area (Å²) in [5.41, 5.74) is 6.50. The van der Waals surface area contributed by atoms with E-state index in [0.29, 0.717) is 73.1 Å². The first-order chi connectivity index (χ1) is 34.3. The number of nitrogens with zero attached hydrogens (tertiary/aromatic N) is 15. The molecule has 0 saturated heterocycles. The van der Waals surface area contributed by atoms with Crippen LogP contribution < -0.4 is 131 Å². The number of ether oxygens (including phenoxy) is 6. The van der Waals surface area contributed by atoms with Gasteiger partial charge in [0.15, 0.2) is 16.6 Å². The standard InChI is InChI=1S/C13H12N6O3.2C12H12N6O3.C3H6B.C2H6B.2CH4.2H2O.2Rb/c1-4-8-9-10(18-17-8)11(21-2)16-13(15-9)19-6-7(5-14-19)12(20)22-3;2*1-6-8-9(17-16-6)10(20-2)15-12(14-8)18-5-7(4-13-18)11(19)21-3;1-3-4-2;1-3-2;;;;;;/h4-6H,1H2,2-3H3,(H,17,18);2*4-5H,1-3H3,(H,16,17);3H,1H2,2H3;1-2H3;2*1H4;2*1H2;;/q;;;2*-1;;;;;2*+1/p-2. The Bertz CT molecular complexity index is 3160. The summed E-state index contributed by atoms with van der Waals surface area (Å²) in [7, 11) is 12.3. The van der Waals surface area contributed by atoms with Crippen molar-refractivity contribution < 1.29 is 170 Å². The Hall–Kier alpha value is -5.77. The van der Waals surface area contributed by atoms with Crippen LogP contribution in [0.5, 0.6) is 17.6 Å². The largest absolute Gasteiger partial charge is 1.00 e. The quantitative estimate of drug-likeness (QED) is 0.0782. The molecule has 9 rings (SSSR count). The van der Waals surface area contributed by atoms with E-state index < -0.39 is 17.9 Å². The Morgan fingerprint density at radius 2 is 0.805 bits per heavy atom. The zero-order chi connectivity index (χ0) is 51.8. The fourth-order valence-electron chi connectivity index (χ4n) is 5.68. The van der Waals surface area contributed by atoms with Gasteiger partial charge in [-0.3, -0.25) is 28.9 Å². The van der Waals surface area contributed by atoms with Crippen LogP contribution in [0.4, 0.5) is 0 Å². The number of fused-ring (bicyclic) bond motifs is 3. The molecule has 77 heavy (non-hydrogen) atoms. The first kappa shape index (κ1) is 73.3. The van der Waals surface area contributed by atoms with Gasteiger partial charge in [0.05, 0.1) is 95.0 Å². The number of rotatable bonds is 11. The van der Waals surface area contributed by atoms with Crippen molar-refractivity contribution in [3.8, 4) is 35.5 Å². The number of aromatic nitrogens is 18. The van der Waals surface area contributed by atoms with Crippen molar-refractivity contribution in [1.29, 1.82) is 0 Å². The molecule has 400 valence electrons. The molecule has 0 spiro atoms. The molecule has 0 amide bonds. The van der Waals surface area contributed by atoms with Gasteiger partial charge in [-0.2, -0.15) is 45.5 Å². The minimum atomic E-state index is -0.491. The van der Waals surface area contributed by atoms with Crippen molar-refractivity contribution in [2.24, 2.45) is 0 Å². The van der Waals surface area contributed by atoms with Gasteiger partial charge in [-0.05, 0) is 19.9 Å². The summed E-state index contributed by atoms with van der Waals surface area (Å²) in [5.74, 6) is 2.04. The number of methoxy groups -OCH3 is 6. The van der Waals surface area contributed by atoms with Crippen LogP contribution in [0.3, 0.4) is 0 Å². The minimum absolute atomic E-state index is 0. The number of carbonyl (C=O) groups excluding carboxylic acids is 3. The van der Waals surface area contributed by atoms with Gasteiger partial charge < -0.3 is 59.9 Å². The van der Waals surface area contributed by atoms with Gasteiger partial charge in [0.25, 0.3) is 17.8 Å². The summed E-state index contributed by atoms with van der Waals surface area (Å²) >= 11 is 0. The van der Waals surface area contributed by atoms with Crippen LogP contribution in [-0.2, 0) is 14.2 Å². The van der Waals surface area contributed by atoms with Gasteiger partial charge in [0.1, 0.15) is 16.6 Å². The molecular formula is C44H58B2N18O11Rb2-2. The number of aryl methyl sites for hydroxylation is 2. The summed E-state index contributed by atoms with van der Waals surface area (Å²) < 4.78 is 33.7. The maximum atomic E-state index is 11.5. The molecule has 0 fully saturated rings. The third-order valence-electron chi connectivity index (χ3n) is 9.09. The molecule has 0 saturated carbocycles. The summed E-state index contributed by atoms with van der Waals surface area (Å²) in [6.45, 7) is 16.7. The van der Waals surface area contributed by atoms with E-state index >= 15 is 0 Å². The number of hydrogen-bond acceptors (Lipinski definition) is 23. The van der Waals surface area contributed by atoms with Crippen molar-refractivity contribution in [3.63, 3.8) is 0 Å². The Labute approximate surface area is 542 Å². The van der Waals surface area contributed by atoms with Gasteiger partial charge >= 0.3 is 134 Å². The van der Waals surface area contributed by atoms with E-state index in [1.807, 2.05) is 48.9 Å². The molecule has 9 heterocycles. The second-order valence-corrected chi connectivity index (χ2v) is 13.9. The number of aromatic amines is 3. The van der Waals surface area contributed by atoms with Crippen LogP contribution in [0.2, 0.25) is 20.5 Å². The maximum absolute atomic E-state index is 11.5. The summed E-state index contributed by atoms with van der Waals surface area (Å²) in [4.78, 5) is 60.2. The van der Waals surface area contributed by atoms with Gasteiger partial charge in [-0.25, -0.2) is 50.2 Å². The van der Waals surface area contributed by atoms with E-state index in [1.165, 1.54) is 93.9 Å². The molecule has 33 heteroatoms. The van der Waals surface area contributed by atoms with Crippen molar-refractivity contribution in [2.75, 3.05) is 42.7 Å². The smallest absolute Gasteiger partial charge is 0.870 e. The fourth-order valence-corrected chi connectivity index (χ4v) is 5.68. The van der Waals surface area contributed by atoms with Crippen LogP contribution in [0.25, 0.3) is 57.0 Å². The number of H-pyrrole nitrogens is 3. The number of carbonyl (C=O) groups is 3. The summed E-state index contributed by atoms with van der Waals surface area (Å²) in [6.07, 6.45) is 10.2. The average Bonchev–Trinajstić information content (AvgIpc) is 4.28. The first-order valence-electron chi connectivity index (χ1n) is 20.8. The van der Waals surface area contributed by atoms with Crippen LogP contribution in [0.1, 0.15) is 63.0 Å². The molecule has 0 aromatic carbocycles. The Balaban J connectivity index is 0. The predicted octanol–water partition coefficient (Wildman–Crippen LogP) is -1.14. The number of esters is 3. The molecule has 0 aliphatic rings.